The normalized spacial score (nSPS) is 23.8. The molecular formula is C13H19NO3. The topological polar surface area (TPSA) is 39.7 Å². The molecule has 0 amide bonds. The van der Waals surface area contributed by atoms with Crippen molar-refractivity contribution in [2.45, 2.75) is 26.2 Å². The fourth-order valence-electron chi connectivity index (χ4n) is 2.12. The van der Waals surface area contributed by atoms with E-state index in [1.54, 1.807) is 14.2 Å². The average Bonchev–Trinajstić information content (AvgIpc) is 2.75. The van der Waals surface area contributed by atoms with Crippen LogP contribution in [0, 0.1) is 6.92 Å². The van der Waals surface area contributed by atoms with E-state index in [9.17, 15) is 0 Å². The van der Waals surface area contributed by atoms with Crippen molar-refractivity contribution in [3.05, 3.63) is 23.3 Å². The smallest absolute Gasteiger partial charge is 0.125 e. The van der Waals surface area contributed by atoms with Gasteiger partial charge in [-0.1, -0.05) is 0 Å². The Balaban J connectivity index is 2.37. The van der Waals surface area contributed by atoms with Crippen LogP contribution in [0.4, 0.5) is 0 Å². The number of ether oxygens (including phenoxy) is 3. The third-order valence-corrected chi connectivity index (χ3v) is 3.05. The summed E-state index contributed by atoms with van der Waals surface area (Å²) in [5, 5.41) is 3.25. The Morgan fingerprint density at radius 3 is 2.47 bits per heavy atom. The van der Waals surface area contributed by atoms with E-state index >= 15 is 0 Å². The molecule has 0 aliphatic carbocycles. The first-order valence-corrected chi connectivity index (χ1v) is 5.77. The lowest BCUT2D eigenvalue weighted by Crippen LogP contribution is -2.17. The quantitative estimate of drug-likeness (QED) is 0.873. The van der Waals surface area contributed by atoms with Gasteiger partial charge in [0.15, 0.2) is 0 Å². The third kappa shape index (κ3) is 2.37. The molecule has 2 rings (SSSR count). The van der Waals surface area contributed by atoms with Crippen LogP contribution in [0.2, 0.25) is 0 Å². The molecule has 2 unspecified atom stereocenters. The second-order valence-corrected chi connectivity index (χ2v) is 4.24. The minimum absolute atomic E-state index is 0.0226. The fraction of sp³-hybridized carbons (Fsp3) is 0.538. The van der Waals surface area contributed by atoms with Gasteiger partial charge in [-0.15, -0.1) is 0 Å². The van der Waals surface area contributed by atoms with E-state index in [1.165, 1.54) is 0 Å². The maximum Gasteiger partial charge on any atom is 0.125 e. The minimum Gasteiger partial charge on any atom is -0.496 e. The molecule has 4 nitrogen and oxygen atoms in total. The van der Waals surface area contributed by atoms with Gasteiger partial charge >= 0.3 is 0 Å². The zero-order chi connectivity index (χ0) is 12.4. The summed E-state index contributed by atoms with van der Waals surface area (Å²) in [5.41, 5.74) is 2.10. The average molecular weight is 237 g/mol. The monoisotopic (exact) mass is 237 g/mol. The predicted molar refractivity (Wildman–Crippen MR) is 65.6 cm³/mol. The number of hydrogen-bond donors (Lipinski definition) is 1. The number of aryl methyl sites for hydroxylation is 1. The molecule has 0 radical (unpaired) electrons. The van der Waals surface area contributed by atoms with Crippen molar-refractivity contribution in [3.8, 4) is 11.5 Å². The zero-order valence-corrected chi connectivity index (χ0v) is 10.7. The standard InChI is InChI=1S/C13H19NO3/c1-8-5-12(16-4)10(6-11(8)15-3)13-7-14-9(2)17-13/h5-6,9,13-14H,7H2,1-4H3. The van der Waals surface area contributed by atoms with Gasteiger partial charge < -0.3 is 14.2 Å². The molecule has 1 aliphatic rings. The second-order valence-electron chi connectivity index (χ2n) is 4.24. The molecule has 4 heteroatoms. The molecule has 1 fully saturated rings. The van der Waals surface area contributed by atoms with E-state index in [0.717, 1.165) is 29.2 Å². The molecule has 0 spiro atoms. The SMILES string of the molecule is COc1cc(C2CNC(C)O2)c(OC)cc1C. The summed E-state index contributed by atoms with van der Waals surface area (Å²) < 4.78 is 16.5. The molecule has 0 saturated carbocycles. The summed E-state index contributed by atoms with van der Waals surface area (Å²) in [6.07, 6.45) is 0.103. The van der Waals surface area contributed by atoms with Crippen molar-refractivity contribution in [2.75, 3.05) is 20.8 Å². The maximum absolute atomic E-state index is 5.78. The summed E-state index contributed by atoms with van der Waals surface area (Å²) in [6.45, 7) is 4.79. The molecule has 94 valence electrons. The van der Waals surface area contributed by atoms with E-state index in [2.05, 4.69) is 5.32 Å². The van der Waals surface area contributed by atoms with Crippen molar-refractivity contribution < 1.29 is 14.2 Å². The Morgan fingerprint density at radius 2 is 1.94 bits per heavy atom. The minimum atomic E-state index is 0.0226. The largest absolute Gasteiger partial charge is 0.496 e. The first-order chi connectivity index (χ1) is 8.15. The molecule has 1 N–H and O–H groups in total. The number of hydrogen-bond acceptors (Lipinski definition) is 4. The number of nitrogens with one attached hydrogen (secondary N) is 1. The Labute approximate surface area is 102 Å². The van der Waals surface area contributed by atoms with Crippen LogP contribution in [-0.2, 0) is 4.74 Å². The highest BCUT2D eigenvalue weighted by Crippen LogP contribution is 2.35. The molecule has 17 heavy (non-hydrogen) atoms. The van der Waals surface area contributed by atoms with Crippen LogP contribution in [0.3, 0.4) is 0 Å². The molecule has 0 aromatic heterocycles. The van der Waals surface area contributed by atoms with Gasteiger partial charge in [0.25, 0.3) is 0 Å². The molecule has 1 aliphatic heterocycles. The number of methoxy groups -OCH3 is 2. The lowest BCUT2D eigenvalue weighted by atomic mass is 10.0. The van der Waals surface area contributed by atoms with Gasteiger partial charge in [0, 0.05) is 12.1 Å². The van der Waals surface area contributed by atoms with Gasteiger partial charge in [-0.3, -0.25) is 5.32 Å². The van der Waals surface area contributed by atoms with Crippen molar-refractivity contribution in [1.82, 2.24) is 5.32 Å². The summed E-state index contributed by atoms with van der Waals surface area (Å²) in [7, 11) is 3.35. The third-order valence-electron chi connectivity index (χ3n) is 3.05. The predicted octanol–water partition coefficient (Wildman–Crippen LogP) is 2.02. The summed E-state index contributed by atoms with van der Waals surface area (Å²) in [6, 6.07) is 3.99. The molecule has 1 aromatic rings. The van der Waals surface area contributed by atoms with Crippen LogP contribution in [0.5, 0.6) is 11.5 Å². The molecule has 1 saturated heterocycles. The van der Waals surface area contributed by atoms with E-state index in [1.807, 2.05) is 26.0 Å². The van der Waals surface area contributed by atoms with Crippen LogP contribution in [0.1, 0.15) is 24.2 Å². The summed E-state index contributed by atoms with van der Waals surface area (Å²) in [5.74, 6) is 1.72. The first-order valence-electron chi connectivity index (χ1n) is 5.77. The van der Waals surface area contributed by atoms with E-state index in [0.29, 0.717) is 0 Å². The highest BCUT2D eigenvalue weighted by molar-refractivity contribution is 5.47. The van der Waals surface area contributed by atoms with Crippen LogP contribution >= 0.6 is 0 Å². The number of benzene rings is 1. The number of rotatable bonds is 3. The molecule has 1 aromatic carbocycles. The molecular weight excluding hydrogens is 218 g/mol. The Bertz CT molecular complexity index is 406. The van der Waals surface area contributed by atoms with Crippen molar-refractivity contribution in [1.29, 1.82) is 0 Å². The Kier molecular flexibility index (Phi) is 3.54. The van der Waals surface area contributed by atoms with Gasteiger partial charge in [-0.25, -0.2) is 0 Å². The summed E-state index contributed by atoms with van der Waals surface area (Å²) >= 11 is 0. The highest BCUT2D eigenvalue weighted by atomic mass is 16.5. The van der Waals surface area contributed by atoms with Crippen molar-refractivity contribution in [2.24, 2.45) is 0 Å². The first kappa shape index (κ1) is 12.2. The second kappa shape index (κ2) is 4.94. The van der Waals surface area contributed by atoms with Gasteiger partial charge in [0.2, 0.25) is 0 Å². The Hall–Kier alpha value is -1.26. The van der Waals surface area contributed by atoms with Crippen molar-refractivity contribution in [3.63, 3.8) is 0 Å². The summed E-state index contributed by atoms with van der Waals surface area (Å²) in [4.78, 5) is 0. The van der Waals surface area contributed by atoms with Crippen molar-refractivity contribution >= 4 is 0 Å². The van der Waals surface area contributed by atoms with E-state index in [4.69, 9.17) is 14.2 Å². The maximum atomic E-state index is 5.78. The van der Waals surface area contributed by atoms with Gasteiger partial charge in [-0.05, 0) is 31.5 Å². The van der Waals surface area contributed by atoms with Crippen LogP contribution in [0.25, 0.3) is 0 Å². The fourth-order valence-corrected chi connectivity index (χ4v) is 2.12. The van der Waals surface area contributed by atoms with Gasteiger partial charge in [-0.2, -0.15) is 0 Å². The highest BCUT2D eigenvalue weighted by Gasteiger charge is 2.26. The molecule has 0 bridgehead atoms. The van der Waals surface area contributed by atoms with Gasteiger partial charge in [0.05, 0.1) is 14.2 Å². The van der Waals surface area contributed by atoms with Crippen LogP contribution < -0.4 is 14.8 Å². The molecule has 2 atom stereocenters. The van der Waals surface area contributed by atoms with E-state index in [-0.39, 0.29) is 12.3 Å². The van der Waals surface area contributed by atoms with E-state index < -0.39 is 0 Å². The van der Waals surface area contributed by atoms with Crippen LogP contribution in [-0.4, -0.2) is 27.0 Å². The lowest BCUT2D eigenvalue weighted by molar-refractivity contribution is 0.0515. The van der Waals surface area contributed by atoms with Gasteiger partial charge in [0.1, 0.15) is 23.8 Å². The Morgan fingerprint density at radius 1 is 1.24 bits per heavy atom. The lowest BCUT2D eigenvalue weighted by Gasteiger charge is -2.17. The molecule has 1 heterocycles. The van der Waals surface area contributed by atoms with Crippen LogP contribution in [0.15, 0.2) is 12.1 Å². The zero-order valence-electron chi connectivity index (χ0n) is 10.7.